The van der Waals surface area contributed by atoms with Crippen molar-refractivity contribution < 1.29 is 28.7 Å². The lowest BCUT2D eigenvalue weighted by atomic mass is 10.1. The third-order valence-corrected chi connectivity index (χ3v) is 2.80. The van der Waals surface area contributed by atoms with Crippen LogP contribution in [0.15, 0.2) is 24.3 Å². The Hall–Kier alpha value is -3.78. The van der Waals surface area contributed by atoms with Crippen LogP contribution in [0.5, 0.6) is 0 Å². The molecule has 0 aliphatic carbocycles. The molecule has 8 heteroatoms. The van der Waals surface area contributed by atoms with Crippen LogP contribution in [0.1, 0.15) is 20.7 Å². The molecule has 0 atom stereocenters. The number of benzene rings is 1. The lowest BCUT2D eigenvalue weighted by molar-refractivity contribution is -0.124. The molecule has 1 aromatic rings. The topological polar surface area (TPSA) is 111 Å². The molecule has 0 saturated carbocycles. The molecule has 0 aromatic heterocycles. The Morgan fingerprint density at radius 1 is 0.769 bits per heavy atom. The van der Waals surface area contributed by atoms with Crippen LogP contribution in [0.4, 0.5) is 0 Å². The number of hydrogen-bond donors (Lipinski definition) is 2. The van der Waals surface area contributed by atoms with Crippen molar-refractivity contribution in [2.45, 2.75) is 0 Å². The van der Waals surface area contributed by atoms with E-state index in [1.54, 1.807) is 0 Å². The van der Waals surface area contributed by atoms with Crippen molar-refractivity contribution in [3.63, 3.8) is 0 Å². The van der Waals surface area contributed by atoms with E-state index in [2.05, 4.69) is 22.5 Å². The first kappa shape index (κ1) is 20.3. The van der Waals surface area contributed by atoms with E-state index in [0.29, 0.717) is 0 Å². The van der Waals surface area contributed by atoms with Crippen molar-refractivity contribution in [3.05, 3.63) is 35.4 Å². The number of terminal acetylenes is 2. The maximum absolute atomic E-state index is 11.8. The lowest BCUT2D eigenvalue weighted by Gasteiger charge is -2.06. The van der Waals surface area contributed by atoms with Gasteiger partial charge in [0.15, 0.2) is 13.2 Å². The molecule has 0 unspecified atom stereocenters. The van der Waals surface area contributed by atoms with Crippen LogP contribution in [0.3, 0.4) is 0 Å². The quantitative estimate of drug-likeness (QED) is 0.480. The van der Waals surface area contributed by atoms with E-state index >= 15 is 0 Å². The van der Waals surface area contributed by atoms with Crippen LogP contribution >= 0.6 is 0 Å². The van der Waals surface area contributed by atoms with Crippen LogP contribution in [-0.2, 0) is 19.1 Å². The summed E-state index contributed by atoms with van der Waals surface area (Å²) in [6.07, 6.45) is 9.96. The third-order valence-electron chi connectivity index (χ3n) is 2.80. The number of esters is 2. The summed E-state index contributed by atoms with van der Waals surface area (Å²) in [5.41, 5.74) is 0.274. The number of rotatable bonds is 8. The van der Waals surface area contributed by atoms with Gasteiger partial charge in [0.1, 0.15) is 0 Å². The highest BCUT2D eigenvalue weighted by molar-refractivity contribution is 5.94. The summed E-state index contributed by atoms with van der Waals surface area (Å²) < 4.78 is 9.60. The Kier molecular flexibility index (Phi) is 8.49. The zero-order chi connectivity index (χ0) is 19.4. The molecular weight excluding hydrogens is 340 g/mol. The average molecular weight is 356 g/mol. The van der Waals surface area contributed by atoms with Gasteiger partial charge in [0.05, 0.1) is 24.2 Å². The number of carbonyl (C=O) groups excluding carboxylic acids is 4. The van der Waals surface area contributed by atoms with Crippen LogP contribution < -0.4 is 10.6 Å². The van der Waals surface area contributed by atoms with Crippen molar-refractivity contribution >= 4 is 23.8 Å². The molecule has 26 heavy (non-hydrogen) atoms. The predicted octanol–water partition coefficient (Wildman–Crippen LogP) is -0.501. The summed E-state index contributed by atoms with van der Waals surface area (Å²) in [5, 5.41) is 4.68. The van der Waals surface area contributed by atoms with Gasteiger partial charge >= 0.3 is 11.9 Å². The summed E-state index contributed by atoms with van der Waals surface area (Å²) in [4.78, 5) is 46.2. The van der Waals surface area contributed by atoms with Gasteiger partial charge in [0, 0.05) is 0 Å². The monoisotopic (exact) mass is 356 g/mol. The van der Waals surface area contributed by atoms with Crippen molar-refractivity contribution in [2.24, 2.45) is 0 Å². The van der Waals surface area contributed by atoms with E-state index in [0.717, 1.165) is 0 Å². The van der Waals surface area contributed by atoms with E-state index in [1.807, 2.05) is 0 Å². The standard InChI is InChI=1S/C18H16N2O6/c1-3-9-19-15(21)11-25-17(23)13-5-7-14(8-6-13)18(24)26-12-16(22)20-10-4-2/h1-2,5-8H,9-12H2,(H,19,21)(H,20,22). The fraction of sp³-hybridized carbons (Fsp3) is 0.222. The Bertz CT molecular complexity index is 690. The average Bonchev–Trinajstić information content (AvgIpc) is 2.66. The summed E-state index contributed by atoms with van der Waals surface area (Å²) in [6.45, 7) is -0.879. The molecular formula is C18H16N2O6. The minimum absolute atomic E-state index is 0.0357. The van der Waals surface area contributed by atoms with Gasteiger partial charge in [0.25, 0.3) is 11.8 Å². The molecule has 2 N–H and O–H groups in total. The molecule has 8 nitrogen and oxygen atoms in total. The summed E-state index contributed by atoms with van der Waals surface area (Å²) in [7, 11) is 0. The maximum atomic E-state index is 11.8. The fourth-order valence-electron chi connectivity index (χ4n) is 1.57. The van der Waals surface area contributed by atoms with Gasteiger partial charge in [-0.15, -0.1) is 12.8 Å². The smallest absolute Gasteiger partial charge is 0.338 e. The summed E-state index contributed by atoms with van der Waals surface area (Å²) in [6, 6.07) is 5.32. The zero-order valence-corrected chi connectivity index (χ0v) is 13.7. The van der Waals surface area contributed by atoms with Crippen LogP contribution in [0.2, 0.25) is 0 Å². The van der Waals surface area contributed by atoms with Gasteiger partial charge in [-0.05, 0) is 24.3 Å². The van der Waals surface area contributed by atoms with Crippen LogP contribution in [0.25, 0.3) is 0 Å². The van der Waals surface area contributed by atoms with Gasteiger partial charge in [0.2, 0.25) is 0 Å². The Morgan fingerprint density at radius 2 is 1.12 bits per heavy atom. The molecule has 2 amide bonds. The van der Waals surface area contributed by atoms with Gasteiger partial charge in [-0.1, -0.05) is 11.8 Å². The molecule has 0 bridgehead atoms. The van der Waals surface area contributed by atoms with Crippen LogP contribution in [0, 0.1) is 24.7 Å². The summed E-state index contributed by atoms with van der Waals surface area (Å²) >= 11 is 0. The molecule has 0 heterocycles. The normalized spacial score (nSPS) is 9.15. The largest absolute Gasteiger partial charge is 0.452 e. The molecule has 0 spiro atoms. The minimum Gasteiger partial charge on any atom is -0.452 e. The molecule has 1 rings (SSSR count). The van der Waals surface area contributed by atoms with Gasteiger partial charge in [-0.2, -0.15) is 0 Å². The third kappa shape index (κ3) is 7.20. The number of carbonyl (C=O) groups is 4. The van der Waals surface area contributed by atoms with E-state index in [1.165, 1.54) is 24.3 Å². The number of nitrogens with one attached hydrogen (secondary N) is 2. The molecule has 0 radical (unpaired) electrons. The second-order valence-electron chi connectivity index (χ2n) is 4.69. The van der Waals surface area contributed by atoms with Crippen molar-refractivity contribution in [1.82, 2.24) is 10.6 Å². The zero-order valence-electron chi connectivity index (χ0n) is 13.7. The van der Waals surface area contributed by atoms with E-state index < -0.39 is 37.0 Å². The number of ether oxygens (including phenoxy) is 2. The Labute approximate surface area is 150 Å². The molecule has 134 valence electrons. The Morgan fingerprint density at radius 3 is 1.42 bits per heavy atom. The SMILES string of the molecule is C#CCNC(=O)COC(=O)c1ccc(C(=O)OCC(=O)NCC#C)cc1. The van der Waals surface area contributed by atoms with E-state index in [4.69, 9.17) is 22.3 Å². The molecule has 0 saturated heterocycles. The van der Waals surface area contributed by atoms with E-state index in [-0.39, 0.29) is 24.2 Å². The highest BCUT2D eigenvalue weighted by Crippen LogP contribution is 2.07. The maximum Gasteiger partial charge on any atom is 0.338 e. The molecule has 0 fully saturated rings. The number of hydrogen-bond acceptors (Lipinski definition) is 6. The van der Waals surface area contributed by atoms with E-state index in [9.17, 15) is 19.2 Å². The highest BCUT2D eigenvalue weighted by Gasteiger charge is 2.13. The Balaban J connectivity index is 2.49. The molecule has 0 aliphatic heterocycles. The number of amides is 2. The first-order chi connectivity index (χ1) is 12.5. The van der Waals surface area contributed by atoms with Crippen molar-refractivity contribution in [3.8, 4) is 24.7 Å². The predicted molar refractivity (Wildman–Crippen MR) is 90.7 cm³/mol. The van der Waals surface area contributed by atoms with Crippen molar-refractivity contribution in [2.75, 3.05) is 26.3 Å². The summed E-state index contributed by atoms with van der Waals surface area (Å²) in [5.74, 6) is 1.89. The second kappa shape index (κ2) is 10.9. The van der Waals surface area contributed by atoms with Gasteiger partial charge < -0.3 is 20.1 Å². The molecule has 1 aromatic carbocycles. The second-order valence-corrected chi connectivity index (χ2v) is 4.69. The first-order valence-electron chi connectivity index (χ1n) is 7.32. The van der Waals surface area contributed by atoms with Crippen LogP contribution in [-0.4, -0.2) is 50.1 Å². The van der Waals surface area contributed by atoms with Crippen molar-refractivity contribution in [1.29, 1.82) is 0 Å². The first-order valence-corrected chi connectivity index (χ1v) is 7.32. The molecule has 0 aliphatic rings. The fourth-order valence-corrected chi connectivity index (χ4v) is 1.57. The lowest BCUT2D eigenvalue weighted by Crippen LogP contribution is -2.29. The highest BCUT2D eigenvalue weighted by atomic mass is 16.5. The minimum atomic E-state index is -0.741. The van der Waals surface area contributed by atoms with Gasteiger partial charge in [-0.25, -0.2) is 9.59 Å². The van der Waals surface area contributed by atoms with Gasteiger partial charge in [-0.3, -0.25) is 9.59 Å².